The highest BCUT2D eigenvalue weighted by Gasteiger charge is 2.37. The van der Waals surface area contributed by atoms with Crippen molar-refractivity contribution in [1.82, 2.24) is 0 Å². The molecule has 0 aliphatic heterocycles. The second-order valence-electron chi connectivity index (χ2n) is 7.37. The summed E-state index contributed by atoms with van der Waals surface area (Å²) in [5.74, 6) is 1.38. The Balaban J connectivity index is 2.29. The van der Waals surface area contributed by atoms with Gasteiger partial charge in [-0.2, -0.15) is 0 Å². The summed E-state index contributed by atoms with van der Waals surface area (Å²) in [5, 5.41) is 11.9. The Bertz CT molecular complexity index is 492. The van der Waals surface area contributed by atoms with Gasteiger partial charge in [-0.15, -0.1) is 0 Å². The van der Waals surface area contributed by atoms with Crippen molar-refractivity contribution in [1.29, 1.82) is 0 Å². The lowest BCUT2D eigenvalue weighted by atomic mass is 9.76. The van der Waals surface area contributed by atoms with Crippen molar-refractivity contribution in [3.63, 3.8) is 0 Å². The first-order valence-electron chi connectivity index (χ1n) is 7.83. The molecule has 2 nitrogen and oxygen atoms in total. The average molecular weight is 311 g/mol. The molecule has 1 aliphatic rings. The van der Waals surface area contributed by atoms with Crippen LogP contribution in [0.5, 0.6) is 5.75 Å². The Hall–Kier alpha value is -0.730. The molecule has 1 aliphatic carbocycles. The lowest BCUT2D eigenvalue weighted by Crippen LogP contribution is -2.26. The van der Waals surface area contributed by atoms with Crippen LogP contribution in [-0.4, -0.2) is 12.2 Å². The van der Waals surface area contributed by atoms with E-state index in [1.807, 2.05) is 18.2 Å². The first kappa shape index (κ1) is 16.6. The molecule has 21 heavy (non-hydrogen) atoms. The molecule has 0 aromatic heterocycles. The molecule has 118 valence electrons. The van der Waals surface area contributed by atoms with Crippen LogP contribution in [0.3, 0.4) is 0 Å². The van der Waals surface area contributed by atoms with Gasteiger partial charge >= 0.3 is 0 Å². The number of benzene rings is 1. The van der Waals surface area contributed by atoms with Gasteiger partial charge in [0.15, 0.2) is 0 Å². The van der Waals surface area contributed by atoms with Crippen LogP contribution >= 0.6 is 11.6 Å². The summed E-state index contributed by atoms with van der Waals surface area (Å²) in [5.41, 5.74) is 0.312. The van der Waals surface area contributed by atoms with Crippen molar-refractivity contribution in [3.05, 3.63) is 28.8 Å². The van der Waals surface area contributed by atoms with E-state index in [9.17, 15) is 5.11 Å². The quantitative estimate of drug-likeness (QED) is 0.764. The van der Waals surface area contributed by atoms with Crippen LogP contribution in [-0.2, 0) is 5.60 Å². The van der Waals surface area contributed by atoms with E-state index in [4.69, 9.17) is 16.3 Å². The maximum Gasteiger partial charge on any atom is 0.125 e. The number of halogens is 1. The molecule has 1 aromatic carbocycles. The molecule has 0 saturated heterocycles. The van der Waals surface area contributed by atoms with Crippen LogP contribution in [0.4, 0.5) is 0 Å². The zero-order chi connectivity index (χ0) is 15.7. The molecule has 0 heterocycles. The highest BCUT2D eigenvalue weighted by Crippen LogP contribution is 2.45. The van der Waals surface area contributed by atoms with Gasteiger partial charge in [0.05, 0.1) is 12.7 Å². The second kappa shape index (κ2) is 6.18. The summed E-state index contributed by atoms with van der Waals surface area (Å²) < 4.78 is 5.44. The van der Waals surface area contributed by atoms with Crippen LogP contribution < -0.4 is 4.74 Å². The van der Waals surface area contributed by atoms with E-state index < -0.39 is 5.60 Å². The standard InChI is InChI=1S/C18H27ClO2/c1-17(2,3)13-6-5-10-18(20,11-9-13)15-12-14(19)7-8-16(15)21-4/h7-8,12-13,20H,5-6,9-11H2,1-4H3. The highest BCUT2D eigenvalue weighted by atomic mass is 35.5. The summed E-state index contributed by atoms with van der Waals surface area (Å²) in [6.07, 6.45) is 4.79. The summed E-state index contributed by atoms with van der Waals surface area (Å²) >= 11 is 6.13. The summed E-state index contributed by atoms with van der Waals surface area (Å²) in [7, 11) is 1.64. The molecule has 1 fully saturated rings. The van der Waals surface area contributed by atoms with Gasteiger partial charge in [-0.25, -0.2) is 0 Å². The minimum Gasteiger partial charge on any atom is -0.496 e. The minimum absolute atomic E-state index is 0.295. The predicted molar refractivity (Wildman–Crippen MR) is 87.9 cm³/mol. The highest BCUT2D eigenvalue weighted by molar-refractivity contribution is 6.30. The SMILES string of the molecule is COc1ccc(Cl)cc1C1(O)CCCC(C(C)(C)C)CC1. The van der Waals surface area contributed by atoms with Gasteiger partial charge in [-0.3, -0.25) is 0 Å². The van der Waals surface area contributed by atoms with Gasteiger partial charge in [0.1, 0.15) is 5.75 Å². The first-order chi connectivity index (χ1) is 9.76. The maximum atomic E-state index is 11.2. The average Bonchev–Trinajstić information content (AvgIpc) is 2.61. The molecule has 0 amide bonds. The first-order valence-corrected chi connectivity index (χ1v) is 8.20. The van der Waals surface area contributed by atoms with E-state index in [1.165, 1.54) is 6.42 Å². The van der Waals surface area contributed by atoms with Gasteiger partial charge in [0, 0.05) is 10.6 Å². The van der Waals surface area contributed by atoms with Crippen molar-refractivity contribution in [3.8, 4) is 5.75 Å². The van der Waals surface area contributed by atoms with Gasteiger partial charge in [-0.1, -0.05) is 32.4 Å². The third kappa shape index (κ3) is 3.73. The largest absolute Gasteiger partial charge is 0.496 e. The molecular formula is C18H27ClO2. The number of ether oxygens (including phenoxy) is 1. The van der Waals surface area contributed by atoms with Gasteiger partial charge in [-0.05, 0) is 61.6 Å². The fourth-order valence-corrected chi connectivity index (χ4v) is 3.67. The number of methoxy groups -OCH3 is 1. The smallest absolute Gasteiger partial charge is 0.125 e. The third-order valence-corrected chi connectivity index (χ3v) is 5.17. The molecule has 1 saturated carbocycles. The van der Waals surface area contributed by atoms with Crippen molar-refractivity contribution < 1.29 is 9.84 Å². The Morgan fingerprint density at radius 1 is 1.24 bits per heavy atom. The molecule has 3 heteroatoms. The summed E-state index contributed by atoms with van der Waals surface area (Å²) in [6, 6.07) is 5.52. The van der Waals surface area contributed by atoms with E-state index in [0.29, 0.717) is 16.4 Å². The number of hydrogen-bond acceptors (Lipinski definition) is 2. The molecule has 2 unspecified atom stereocenters. The Morgan fingerprint density at radius 2 is 1.95 bits per heavy atom. The van der Waals surface area contributed by atoms with E-state index in [0.717, 1.165) is 37.0 Å². The Morgan fingerprint density at radius 3 is 2.57 bits per heavy atom. The van der Waals surface area contributed by atoms with Gasteiger partial charge in [0.25, 0.3) is 0 Å². The number of aliphatic hydroxyl groups is 1. The predicted octanol–water partition coefficient (Wildman–Crippen LogP) is 5.16. The molecule has 2 atom stereocenters. The zero-order valence-electron chi connectivity index (χ0n) is 13.6. The van der Waals surface area contributed by atoms with E-state index in [1.54, 1.807) is 7.11 Å². The number of rotatable bonds is 2. The van der Waals surface area contributed by atoms with E-state index in [2.05, 4.69) is 20.8 Å². The van der Waals surface area contributed by atoms with Gasteiger partial charge in [0.2, 0.25) is 0 Å². The molecular weight excluding hydrogens is 284 g/mol. The molecule has 0 bridgehead atoms. The van der Waals surface area contributed by atoms with E-state index in [-0.39, 0.29) is 0 Å². The van der Waals surface area contributed by atoms with Crippen molar-refractivity contribution in [2.75, 3.05) is 7.11 Å². The van der Waals surface area contributed by atoms with Crippen LogP contribution in [0.2, 0.25) is 5.02 Å². The monoisotopic (exact) mass is 310 g/mol. The lowest BCUT2D eigenvalue weighted by Gasteiger charge is -2.31. The Labute approximate surface area is 133 Å². The number of hydrogen-bond donors (Lipinski definition) is 1. The zero-order valence-corrected chi connectivity index (χ0v) is 14.3. The van der Waals surface area contributed by atoms with E-state index >= 15 is 0 Å². The van der Waals surface area contributed by atoms with Crippen LogP contribution in [0.15, 0.2) is 18.2 Å². The fraction of sp³-hybridized carbons (Fsp3) is 0.667. The fourth-order valence-electron chi connectivity index (χ4n) is 3.50. The second-order valence-corrected chi connectivity index (χ2v) is 7.81. The van der Waals surface area contributed by atoms with Crippen LogP contribution in [0.25, 0.3) is 0 Å². The summed E-state index contributed by atoms with van der Waals surface area (Å²) in [6.45, 7) is 6.88. The molecule has 0 spiro atoms. The molecule has 1 aromatic rings. The third-order valence-electron chi connectivity index (χ3n) is 4.94. The minimum atomic E-state index is -0.823. The van der Waals surface area contributed by atoms with Crippen molar-refractivity contribution in [2.24, 2.45) is 11.3 Å². The molecule has 0 radical (unpaired) electrons. The normalized spacial score (nSPS) is 27.2. The lowest BCUT2D eigenvalue weighted by molar-refractivity contribution is 0.0158. The molecule has 1 N–H and O–H groups in total. The van der Waals surface area contributed by atoms with Crippen molar-refractivity contribution in [2.45, 2.75) is 58.5 Å². The maximum absolute atomic E-state index is 11.2. The molecule has 2 rings (SSSR count). The van der Waals surface area contributed by atoms with Crippen molar-refractivity contribution >= 4 is 11.6 Å². The van der Waals surface area contributed by atoms with Crippen LogP contribution in [0.1, 0.15) is 58.4 Å². The van der Waals surface area contributed by atoms with Gasteiger partial charge < -0.3 is 9.84 Å². The van der Waals surface area contributed by atoms with Crippen LogP contribution in [0, 0.1) is 11.3 Å². The Kier molecular flexibility index (Phi) is 4.89. The topological polar surface area (TPSA) is 29.5 Å². The summed E-state index contributed by atoms with van der Waals surface area (Å²) in [4.78, 5) is 0.